The molecule has 4 nitrogen and oxygen atoms in total. The van der Waals surface area contributed by atoms with Gasteiger partial charge in [0, 0.05) is 24.9 Å². The Morgan fingerprint density at radius 3 is 3.00 bits per heavy atom. The number of aliphatic hydroxyl groups is 1. The van der Waals surface area contributed by atoms with Gasteiger partial charge in [0.15, 0.2) is 12.0 Å². The summed E-state index contributed by atoms with van der Waals surface area (Å²) in [5.41, 5.74) is 1.97. The first-order valence-electron chi connectivity index (χ1n) is 6.97. The van der Waals surface area contributed by atoms with Crippen LogP contribution in [0, 0.1) is 0 Å². The third-order valence-corrected chi connectivity index (χ3v) is 5.48. The fourth-order valence-corrected chi connectivity index (χ4v) is 4.54. The molecular formula is C14H16N2O2S. The van der Waals surface area contributed by atoms with Gasteiger partial charge in [0.2, 0.25) is 0 Å². The molecule has 1 aliphatic carbocycles. The number of ketones is 1. The molecule has 5 heteroatoms. The highest BCUT2D eigenvalue weighted by Gasteiger charge is 2.37. The zero-order valence-electron chi connectivity index (χ0n) is 10.7. The van der Waals surface area contributed by atoms with Gasteiger partial charge in [0.25, 0.3) is 0 Å². The van der Waals surface area contributed by atoms with E-state index in [1.807, 2.05) is 4.90 Å². The maximum atomic E-state index is 11.8. The molecule has 4 rings (SSSR count). The van der Waals surface area contributed by atoms with E-state index in [-0.39, 0.29) is 5.78 Å². The summed E-state index contributed by atoms with van der Waals surface area (Å²) in [7, 11) is 0. The second kappa shape index (κ2) is 4.15. The van der Waals surface area contributed by atoms with Gasteiger partial charge in [-0.1, -0.05) is 6.42 Å². The van der Waals surface area contributed by atoms with Crippen LogP contribution in [-0.2, 0) is 6.42 Å². The van der Waals surface area contributed by atoms with Gasteiger partial charge >= 0.3 is 0 Å². The number of aliphatic hydroxyl groups excluding tert-OH is 1. The number of rotatable bonds is 0. The number of hydrogen-bond acceptors (Lipinski definition) is 5. The molecule has 0 saturated carbocycles. The maximum Gasteiger partial charge on any atom is 0.173 e. The monoisotopic (exact) mass is 276 g/mol. The lowest BCUT2D eigenvalue weighted by Crippen LogP contribution is -2.36. The van der Waals surface area contributed by atoms with Gasteiger partial charge in [-0.25, -0.2) is 4.99 Å². The van der Waals surface area contributed by atoms with Crippen LogP contribution in [0.15, 0.2) is 4.99 Å². The molecular weight excluding hydrogens is 260 g/mol. The summed E-state index contributed by atoms with van der Waals surface area (Å²) >= 11 is 1.48. The third-order valence-electron chi connectivity index (χ3n) is 4.30. The standard InChI is InChI=1S/C14H16N2O2S/c17-9-6-5-8-11-13(19-12(8)9)15-10-4-2-1-3-7-16(10)14(11)18/h14,18H,1-7H2. The molecule has 1 unspecified atom stereocenters. The van der Waals surface area contributed by atoms with Crippen LogP contribution < -0.4 is 0 Å². The van der Waals surface area contributed by atoms with Crippen LogP contribution >= 0.6 is 11.3 Å². The molecule has 0 aromatic carbocycles. The molecule has 0 amide bonds. The first kappa shape index (κ1) is 11.6. The zero-order chi connectivity index (χ0) is 13.0. The second-order valence-corrected chi connectivity index (χ2v) is 6.46. The molecule has 19 heavy (non-hydrogen) atoms. The highest BCUT2D eigenvalue weighted by molar-refractivity contribution is 7.18. The molecule has 1 atom stereocenters. The zero-order valence-corrected chi connectivity index (χ0v) is 11.5. The lowest BCUT2D eigenvalue weighted by molar-refractivity contribution is 0.0498. The van der Waals surface area contributed by atoms with Gasteiger partial charge in [-0.3, -0.25) is 4.79 Å². The van der Waals surface area contributed by atoms with E-state index in [9.17, 15) is 9.90 Å². The van der Waals surface area contributed by atoms with E-state index < -0.39 is 6.23 Å². The molecule has 3 aliphatic rings. The van der Waals surface area contributed by atoms with E-state index in [1.165, 1.54) is 17.8 Å². The molecule has 0 spiro atoms. The summed E-state index contributed by atoms with van der Waals surface area (Å²) in [5.74, 6) is 1.22. The van der Waals surface area contributed by atoms with Crippen LogP contribution in [0.4, 0.5) is 5.00 Å². The second-order valence-electron chi connectivity index (χ2n) is 5.46. The van der Waals surface area contributed by atoms with Crippen molar-refractivity contribution in [3.63, 3.8) is 0 Å². The molecule has 100 valence electrons. The van der Waals surface area contributed by atoms with Crippen LogP contribution in [-0.4, -0.2) is 28.2 Å². The SMILES string of the molecule is O=C1CCc2c1sc1c2C(O)N2CCCCCC2=N1. The van der Waals surface area contributed by atoms with Crippen LogP contribution in [0.25, 0.3) is 0 Å². The van der Waals surface area contributed by atoms with E-state index in [0.717, 1.165) is 59.1 Å². The maximum absolute atomic E-state index is 11.8. The van der Waals surface area contributed by atoms with E-state index >= 15 is 0 Å². The minimum absolute atomic E-state index is 0.219. The molecule has 1 N–H and O–H groups in total. The van der Waals surface area contributed by atoms with E-state index in [2.05, 4.69) is 0 Å². The van der Waals surface area contributed by atoms with Gasteiger partial charge in [-0.05, 0) is 24.8 Å². The molecule has 0 bridgehead atoms. The molecule has 1 aromatic heterocycles. The van der Waals surface area contributed by atoms with Crippen molar-refractivity contribution in [1.82, 2.24) is 4.90 Å². The number of nitrogens with zero attached hydrogens (tertiary/aromatic N) is 2. The summed E-state index contributed by atoms with van der Waals surface area (Å²) in [4.78, 5) is 19.4. The fourth-order valence-electron chi connectivity index (χ4n) is 3.31. The minimum Gasteiger partial charge on any atom is -0.369 e. The van der Waals surface area contributed by atoms with Crippen molar-refractivity contribution in [2.24, 2.45) is 4.99 Å². The Bertz CT molecular complexity index is 591. The average Bonchev–Trinajstić information content (AvgIpc) is 2.81. The largest absolute Gasteiger partial charge is 0.369 e. The summed E-state index contributed by atoms with van der Waals surface area (Å²) < 4.78 is 0. The Labute approximate surface area is 115 Å². The topological polar surface area (TPSA) is 52.9 Å². The first-order valence-corrected chi connectivity index (χ1v) is 7.78. The van der Waals surface area contributed by atoms with Crippen LogP contribution in [0.5, 0.6) is 0 Å². The highest BCUT2D eigenvalue weighted by Crippen LogP contribution is 2.47. The van der Waals surface area contributed by atoms with E-state index in [4.69, 9.17) is 4.99 Å². The van der Waals surface area contributed by atoms with Crippen LogP contribution in [0.3, 0.4) is 0 Å². The predicted molar refractivity (Wildman–Crippen MR) is 74.2 cm³/mol. The lowest BCUT2D eigenvalue weighted by Gasteiger charge is -2.33. The number of carbonyl (C=O) groups is 1. The number of aliphatic imine (C=N–C) groups is 1. The molecule has 1 aromatic rings. The van der Waals surface area contributed by atoms with E-state index in [0.29, 0.717) is 6.42 Å². The van der Waals surface area contributed by atoms with Crippen LogP contribution in [0.1, 0.15) is 59.1 Å². The van der Waals surface area contributed by atoms with Crippen molar-refractivity contribution >= 4 is 28.0 Å². The number of amidine groups is 1. The summed E-state index contributed by atoms with van der Waals surface area (Å²) in [6.07, 6.45) is 5.16. The van der Waals surface area contributed by atoms with Crippen molar-refractivity contribution in [2.75, 3.05) is 6.54 Å². The van der Waals surface area contributed by atoms with Gasteiger partial charge in [0.05, 0.1) is 4.88 Å². The van der Waals surface area contributed by atoms with Crippen molar-refractivity contribution in [3.8, 4) is 0 Å². The molecule has 1 fully saturated rings. The Kier molecular flexibility index (Phi) is 2.53. The van der Waals surface area contributed by atoms with Gasteiger partial charge < -0.3 is 10.0 Å². The molecule has 2 aliphatic heterocycles. The molecule has 1 saturated heterocycles. The van der Waals surface area contributed by atoms with Crippen molar-refractivity contribution in [2.45, 2.75) is 44.8 Å². The Hall–Kier alpha value is -1.20. The van der Waals surface area contributed by atoms with Crippen LogP contribution in [0.2, 0.25) is 0 Å². The van der Waals surface area contributed by atoms with Gasteiger partial charge in [0.1, 0.15) is 10.8 Å². The normalized spacial score (nSPS) is 25.5. The van der Waals surface area contributed by atoms with Gasteiger partial charge in [-0.2, -0.15) is 0 Å². The van der Waals surface area contributed by atoms with E-state index in [1.54, 1.807) is 0 Å². The van der Waals surface area contributed by atoms with Gasteiger partial charge in [-0.15, -0.1) is 11.3 Å². The van der Waals surface area contributed by atoms with Crippen molar-refractivity contribution in [3.05, 3.63) is 16.0 Å². The predicted octanol–water partition coefficient (Wildman–Crippen LogP) is 2.79. The Morgan fingerprint density at radius 2 is 2.11 bits per heavy atom. The highest BCUT2D eigenvalue weighted by atomic mass is 32.1. The van der Waals surface area contributed by atoms with Crippen molar-refractivity contribution in [1.29, 1.82) is 0 Å². The minimum atomic E-state index is -0.591. The number of Topliss-reactive ketones (excluding diaryl/α,β-unsaturated/α-hetero) is 1. The molecule has 3 heterocycles. The quantitative estimate of drug-likeness (QED) is 0.792. The Morgan fingerprint density at radius 1 is 1.21 bits per heavy atom. The number of hydrogen-bond donors (Lipinski definition) is 1. The number of fused-ring (bicyclic) bond motifs is 4. The number of thiophene rings is 1. The summed E-state index contributed by atoms with van der Waals surface area (Å²) in [6, 6.07) is 0. The smallest absolute Gasteiger partial charge is 0.173 e. The fraction of sp³-hybridized carbons (Fsp3) is 0.571. The molecule has 0 radical (unpaired) electrons. The van der Waals surface area contributed by atoms with Crippen molar-refractivity contribution < 1.29 is 9.90 Å². The lowest BCUT2D eigenvalue weighted by atomic mass is 10.1. The average molecular weight is 276 g/mol. The summed E-state index contributed by atoms with van der Waals surface area (Å²) in [6.45, 7) is 0.873. The Balaban J connectivity index is 1.85. The number of carbonyl (C=O) groups excluding carboxylic acids is 1. The first-order chi connectivity index (χ1) is 9.25. The summed E-state index contributed by atoms with van der Waals surface area (Å²) in [5, 5.41) is 11.5. The third kappa shape index (κ3) is 1.61.